The van der Waals surface area contributed by atoms with Crippen molar-refractivity contribution in [2.45, 2.75) is 19.8 Å². The molecule has 3 heteroatoms. The number of benzene rings is 1. The molecule has 1 rings (SSSR count). The summed E-state index contributed by atoms with van der Waals surface area (Å²) in [4.78, 5) is 0. The van der Waals surface area contributed by atoms with Gasteiger partial charge in [0.05, 0.1) is 6.61 Å². The Bertz CT molecular complexity index is 259. The standard InChI is InChI=1S/C12H17BrO2/c1-2-3-8-14-9-10-15-12-6-4-11(13)5-7-12/h4-7H,2-3,8-10H2,1H3. The van der Waals surface area contributed by atoms with E-state index in [1.54, 1.807) is 0 Å². The lowest BCUT2D eigenvalue weighted by Crippen LogP contribution is -2.07. The molecule has 0 amide bonds. The summed E-state index contributed by atoms with van der Waals surface area (Å²) in [6.45, 7) is 4.27. The second-order valence-corrected chi connectivity index (χ2v) is 4.18. The number of rotatable bonds is 7. The zero-order valence-electron chi connectivity index (χ0n) is 9.04. The zero-order chi connectivity index (χ0) is 10.9. The Balaban J connectivity index is 2.07. The fourth-order valence-electron chi connectivity index (χ4n) is 1.10. The third-order valence-electron chi connectivity index (χ3n) is 1.95. The normalized spacial score (nSPS) is 10.3. The van der Waals surface area contributed by atoms with Crippen molar-refractivity contribution in [2.24, 2.45) is 0 Å². The van der Waals surface area contributed by atoms with Crippen LogP contribution in [0.3, 0.4) is 0 Å². The van der Waals surface area contributed by atoms with E-state index >= 15 is 0 Å². The number of ether oxygens (including phenoxy) is 2. The topological polar surface area (TPSA) is 18.5 Å². The molecular weight excluding hydrogens is 256 g/mol. The number of unbranched alkanes of at least 4 members (excludes halogenated alkanes) is 1. The number of hydrogen-bond acceptors (Lipinski definition) is 2. The van der Waals surface area contributed by atoms with E-state index in [0.29, 0.717) is 13.2 Å². The summed E-state index contributed by atoms with van der Waals surface area (Å²) in [5.74, 6) is 0.886. The Morgan fingerprint density at radius 1 is 1.07 bits per heavy atom. The minimum Gasteiger partial charge on any atom is -0.491 e. The van der Waals surface area contributed by atoms with Crippen LogP contribution in [0.25, 0.3) is 0 Å². The van der Waals surface area contributed by atoms with Gasteiger partial charge in [0.15, 0.2) is 0 Å². The fourth-order valence-corrected chi connectivity index (χ4v) is 1.36. The molecule has 0 unspecified atom stereocenters. The van der Waals surface area contributed by atoms with E-state index in [4.69, 9.17) is 9.47 Å². The first-order valence-electron chi connectivity index (χ1n) is 5.29. The van der Waals surface area contributed by atoms with Gasteiger partial charge in [0.1, 0.15) is 12.4 Å². The SMILES string of the molecule is CCCCOCCOc1ccc(Br)cc1. The highest BCUT2D eigenvalue weighted by Crippen LogP contribution is 2.15. The van der Waals surface area contributed by atoms with E-state index in [1.807, 2.05) is 24.3 Å². The van der Waals surface area contributed by atoms with Gasteiger partial charge < -0.3 is 9.47 Å². The highest BCUT2D eigenvalue weighted by atomic mass is 79.9. The van der Waals surface area contributed by atoms with Crippen molar-refractivity contribution in [2.75, 3.05) is 19.8 Å². The quantitative estimate of drug-likeness (QED) is 0.706. The predicted molar refractivity (Wildman–Crippen MR) is 65.4 cm³/mol. The van der Waals surface area contributed by atoms with Gasteiger partial charge in [-0.2, -0.15) is 0 Å². The molecule has 0 N–H and O–H groups in total. The van der Waals surface area contributed by atoms with Crippen LogP contribution in [0.5, 0.6) is 5.75 Å². The van der Waals surface area contributed by atoms with Gasteiger partial charge in [-0.05, 0) is 30.7 Å². The number of halogens is 1. The van der Waals surface area contributed by atoms with Crippen LogP contribution in [-0.4, -0.2) is 19.8 Å². The lowest BCUT2D eigenvalue weighted by atomic mass is 10.3. The van der Waals surface area contributed by atoms with Crippen molar-refractivity contribution in [3.8, 4) is 5.75 Å². The van der Waals surface area contributed by atoms with Crippen molar-refractivity contribution in [3.63, 3.8) is 0 Å². The van der Waals surface area contributed by atoms with Gasteiger partial charge in [-0.25, -0.2) is 0 Å². The van der Waals surface area contributed by atoms with Crippen molar-refractivity contribution < 1.29 is 9.47 Å². The molecule has 0 saturated heterocycles. The third kappa shape index (κ3) is 5.80. The maximum atomic E-state index is 5.50. The fraction of sp³-hybridized carbons (Fsp3) is 0.500. The molecule has 0 heterocycles. The average molecular weight is 273 g/mol. The molecule has 0 aliphatic rings. The van der Waals surface area contributed by atoms with E-state index < -0.39 is 0 Å². The van der Waals surface area contributed by atoms with Crippen LogP contribution >= 0.6 is 15.9 Å². The molecule has 0 fully saturated rings. The van der Waals surface area contributed by atoms with Crippen LogP contribution in [-0.2, 0) is 4.74 Å². The molecule has 0 radical (unpaired) electrons. The first-order valence-corrected chi connectivity index (χ1v) is 6.08. The lowest BCUT2D eigenvalue weighted by Gasteiger charge is -2.06. The van der Waals surface area contributed by atoms with Crippen LogP contribution in [0.1, 0.15) is 19.8 Å². The van der Waals surface area contributed by atoms with Gasteiger partial charge in [0, 0.05) is 11.1 Å². The molecule has 0 aromatic heterocycles. The minimum atomic E-state index is 0.616. The van der Waals surface area contributed by atoms with E-state index in [9.17, 15) is 0 Å². The van der Waals surface area contributed by atoms with E-state index in [2.05, 4.69) is 22.9 Å². The highest BCUT2D eigenvalue weighted by Gasteiger charge is 1.93. The summed E-state index contributed by atoms with van der Waals surface area (Å²) in [6, 6.07) is 7.81. The molecule has 0 spiro atoms. The first-order chi connectivity index (χ1) is 7.33. The molecule has 15 heavy (non-hydrogen) atoms. The van der Waals surface area contributed by atoms with Crippen LogP contribution in [0.4, 0.5) is 0 Å². The lowest BCUT2D eigenvalue weighted by molar-refractivity contribution is 0.0980. The average Bonchev–Trinajstić information content (AvgIpc) is 2.26. The van der Waals surface area contributed by atoms with E-state index in [1.165, 1.54) is 6.42 Å². The molecule has 0 aliphatic heterocycles. The minimum absolute atomic E-state index is 0.616. The Hall–Kier alpha value is -0.540. The molecule has 0 aliphatic carbocycles. The predicted octanol–water partition coefficient (Wildman–Crippen LogP) is 3.64. The van der Waals surface area contributed by atoms with Gasteiger partial charge in [-0.1, -0.05) is 29.3 Å². The van der Waals surface area contributed by atoms with E-state index in [0.717, 1.165) is 23.2 Å². The molecular formula is C12H17BrO2. The Morgan fingerprint density at radius 2 is 1.80 bits per heavy atom. The molecule has 0 bridgehead atoms. The largest absolute Gasteiger partial charge is 0.491 e. The second-order valence-electron chi connectivity index (χ2n) is 3.27. The van der Waals surface area contributed by atoms with Crippen LogP contribution in [0.2, 0.25) is 0 Å². The maximum Gasteiger partial charge on any atom is 0.119 e. The van der Waals surface area contributed by atoms with E-state index in [-0.39, 0.29) is 0 Å². The summed E-state index contributed by atoms with van der Waals surface area (Å²) in [7, 11) is 0. The molecule has 2 nitrogen and oxygen atoms in total. The highest BCUT2D eigenvalue weighted by molar-refractivity contribution is 9.10. The van der Waals surface area contributed by atoms with Gasteiger partial charge >= 0.3 is 0 Å². The zero-order valence-corrected chi connectivity index (χ0v) is 10.6. The Morgan fingerprint density at radius 3 is 2.47 bits per heavy atom. The smallest absolute Gasteiger partial charge is 0.119 e. The molecule has 0 saturated carbocycles. The van der Waals surface area contributed by atoms with Crippen molar-refractivity contribution in [1.29, 1.82) is 0 Å². The van der Waals surface area contributed by atoms with Crippen molar-refractivity contribution in [1.82, 2.24) is 0 Å². The summed E-state index contributed by atoms with van der Waals surface area (Å²) >= 11 is 3.38. The van der Waals surface area contributed by atoms with Crippen LogP contribution in [0, 0.1) is 0 Å². The summed E-state index contributed by atoms with van der Waals surface area (Å²) in [5.41, 5.74) is 0. The molecule has 1 aromatic rings. The second kappa shape index (κ2) is 7.71. The number of hydrogen-bond donors (Lipinski definition) is 0. The summed E-state index contributed by atoms with van der Waals surface area (Å²) < 4.78 is 11.9. The van der Waals surface area contributed by atoms with Gasteiger partial charge in [-0.3, -0.25) is 0 Å². The molecule has 84 valence electrons. The summed E-state index contributed by atoms with van der Waals surface area (Å²) in [6.07, 6.45) is 2.30. The summed E-state index contributed by atoms with van der Waals surface area (Å²) in [5, 5.41) is 0. The van der Waals surface area contributed by atoms with Crippen LogP contribution < -0.4 is 4.74 Å². The Kier molecular flexibility index (Phi) is 6.44. The van der Waals surface area contributed by atoms with Crippen LogP contribution in [0.15, 0.2) is 28.7 Å². The first kappa shape index (κ1) is 12.5. The van der Waals surface area contributed by atoms with Crippen molar-refractivity contribution in [3.05, 3.63) is 28.7 Å². The monoisotopic (exact) mass is 272 g/mol. The third-order valence-corrected chi connectivity index (χ3v) is 2.48. The van der Waals surface area contributed by atoms with Gasteiger partial charge in [0.2, 0.25) is 0 Å². The molecule has 0 atom stereocenters. The molecule has 1 aromatic carbocycles. The Labute approximate surface area is 99.7 Å². The van der Waals surface area contributed by atoms with Gasteiger partial charge in [-0.15, -0.1) is 0 Å². The van der Waals surface area contributed by atoms with Crippen molar-refractivity contribution >= 4 is 15.9 Å². The maximum absolute atomic E-state index is 5.50. The van der Waals surface area contributed by atoms with Gasteiger partial charge in [0.25, 0.3) is 0 Å².